The molecule has 4 fully saturated rings. The summed E-state index contributed by atoms with van der Waals surface area (Å²) < 4.78 is 5.92. The monoisotopic (exact) mass is 344 g/mol. The summed E-state index contributed by atoms with van der Waals surface area (Å²) in [7, 11) is 0. The maximum Gasteiger partial charge on any atom is 0.190 e. The fourth-order valence-electron chi connectivity index (χ4n) is 7.68. The molecular formula is C21H28O4. The van der Waals surface area contributed by atoms with E-state index in [-0.39, 0.29) is 34.9 Å². The molecule has 1 spiro atoms. The molecule has 4 aliphatic carbocycles. The number of allylic oxidation sites excluding steroid dienone is 1. The second kappa shape index (κ2) is 4.83. The largest absolute Gasteiger partial charge is 0.393 e. The van der Waals surface area contributed by atoms with Gasteiger partial charge in [0.1, 0.15) is 12.2 Å². The molecule has 0 unspecified atom stereocenters. The van der Waals surface area contributed by atoms with Gasteiger partial charge in [-0.05, 0) is 67.8 Å². The van der Waals surface area contributed by atoms with Crippen molar-refractivity contribution < 1.29 is 19.4 Å². The molecule has 4 heteroatoms. The van der Waals surface area contributed by atoms with E-state index in [0.29, 0.717) is 24.7 Å². The number of fused-ring (bicyclic) bond motifs is 6. The van der Waals surface area contributed by atoms with E-state index in [0.717, 1.165) is 32.1 Å². The molecule has 4 nitrogen and oxygen atoms in total. The lowest BCUT2D eigenvalue weighted by Crippen LogP contribution is -2.67. The van der Waals surface area contributed by atoms with E-state index in [1.165, 1.54) is 5.57 Å². The molecule has 25 heavy (non-hydrogen) atoms. The van der Waals surface area contributed by atoms with Gasteiger partial charge in [-0.15, -0.1) is 0 Å². The third-order valence-corrected chi connectivity index (χ3v) is 8.92. The summed E-state index contributed by atoms with van der Waals surface area (Å²) in [5, 5.41) is 11.2. The minimum Gasteiger partial charge on any atom is -0.393 e. The van der Waals surface area contributed by atoms with Crippen LogP contribution in [0.15, 0.2) is 11.6 Å². The van der Waals surface area contributed by atoms with Crippen LogP contribution in [0, 0.1) is 28.6 Å². The number of rotatable bonds is 0. The first kappa shape index (κ1) is 16.2. The fourth-order valence-corrected chi connectivity index (χ4v) is 7.68. The summed E-state index contributed by atoms with van der Waals surface area (Å²) in [5.41, 5.74) is 0.350. The van der Waals surface area contributed by atoms with Gasteiger partial charge >= 0.3 is 0 Å². The highest BCUT2D eigenvalue weighted by Gasteiger charge is 2.71. The minimum atomic E-state index is -0.622. The van der Waals surface area contributed by atoms with Crippen molar-refractivity contribution in [1.82, 2.24) is 0 Å². The fraction of sp³-hybridized carbons (Fsp3) is 0.810. The predicted molar refractivity (Wildman–Crippen MR) is 91.8 cm³/mol. The summed E-state index contributed by atoms with van der Waals surface area (Å²) in [6, 6.07) is 0. The molecule has 5 rings (SSSR count). The van der Waals surface area contributed by atoms with Gasteiger partial charge in [0.15, 0.2) is 11.6 Å². The van der Waals surface area contributed by atoms with Crippen LogP contribution in [0.5, 0.6) is 0 Å². The zero-order valence-electron chi connectivity index (χ0n) is 15.2. The molecule has 1 N–H and O–H groups in total. The van der Waals surface area contributed by atoms with Gasteiger partial charge in [-0.25, -0.2) is 0 Å². The van der Waals surface area contributed by atoms with Crippen LogP contribution in [-0.4, -0.2) is 35.0 Å². The van der Waals surface area contributed by atoms with Gasteiger partial charge in [0.2, 0.25) is 0 Å². The van der Waals surface area contributed by atoms with Crippen LogP contribution in [0.1, 0.15) is 58.8 Å². The van der Waals surface area contributed by atoms with Crippen LogP contribution >= 0.6 is 0 Å². The lowest BCUT2D eigenvalue weighted by Gasteiger charge is -2.62. The Hall–Kier alpha value is -1.00. The third-order valence-electron chi connectivity index (χ3n) is 8.92. The van der Waals surface area contributed by atoms with Gasteiger partial charge in [0.25, 0.3) is 0 Å². The smallest absolute Gasteiger partial charge is 0.190 e. The second-order valence-electron chi connectivity index (χ2n) is 9.65. The zero-order valence-corrected chi connectivity index (χ0v) is 15.2. The maximum absolute atomic E-state index is 12.5. The number of hydrogen-bond acceptors (Lipinski definition) is 4. The summed E-state index contributed by atoms with van der Waals surface area (Å²) >= 11 is 0. The van der Waals surface area contributed by atoms with Gasteiger partial charge in [-0.2, -0.15) is 0 Å². The van der Waals surface area contributed by atoms with Crippen LogP contribution in [0.25, 0.3) is 0 Å². The molecule has 1 heterocycles. The van der Waals surface area contributed by atoms with Crippen LogP contribution in [0.2, 0.25) is 0 Å². The molecule has 7 atom stereocenters. The van der Waals surface area contributed by atoms with E-state index in [1.807, 2.05) is 6.08 Å². The van der Waals surface area contributed by atoms with Crippen molar-refractivity contribution in [2.24, 2.45) is 28.6 Å². The van der Waals surface area contributed by atoms with E-state index in [2.05, 4.69) is 13.8 Å². The van der Waals surface area contributed by atoms with Crippen molar-refractivity contribution in [3.8, 4) is 0 Å². The molecule has 0 aromatic heterocycles. The summed E-state index contributed by atoms with van der Waals surface area (Å²) in [5.74, 6) is 1.58. The molecule has 5 aliphatic rings. The zero-order chi connectivity index (χ0) is 17.6. The van der Waals surface area contributed by atoms with Crippen molar-refractivity contribution in [3.63, 3.8) is 0 Å². The molecule has 0 aromatic rings. The predicted octanol–water partition coefficient (Wildman–Crippen LogP) is 2.83. The number of carbonyl (C=O) groups is 2. The van der Waals surface area contributed by atoms with Gasteiger partial charge in [-0.3, -0.25) is 9.59 Å². The SMILES string of the molecule is C[C@]12CCC(=O)C=C1CC[C@@H]1[C@@H]2[C@H](O)C[C@]2(C)[C@@H]1CC[C@@]21OCC1=O. The quantitative estimate of drug-likeness (QED) is 0.734. The van der Waals surface area contributed by atoms with Gasteiger partial charge in [-0.1, -0.05) is 19.4 Å². The summed E-state index contributed by atoms with van der Waals surface area (Å²) in [6.07, 6.45) is 7.41. The van der Waals surface area contributed by atoms with Crippen molar-refractivity contribution >= 4 is 11.6 Å². The Morgan fingerprint density at radius 2 is 1.96 bits per heavy atom. The molecule has 3 saturated carbocycles. The average Bonchev–Trinajstić information content (AvgIpc) is 2.88. The van der Waals surface area contributed by atoms with Crippen LogP contribution < -0.4 is 0 Å². The Bertz CT molecular complexity index is 696. The van der Waals surface area contributed by atoms with Crippen molar-refractivity contribution in [1.29, 1.82) is 0 Å². The minimum absolute atomic E-state index is 0.0577. The number of hydrogen-bond donors (Lipinski definition) is 1. The van der Waals surface area contributed by atoms with E-state index < -0.39 is 11.7 Å². The molecule has 1 aliphatic heterocycles. The van der Waals surface area contributed by atoms with Crippen molar-refractivity contribution in [2.75, 3.05) is 6.61 Å². The van der Waals surface area contributed by atoms with Gasteiger partial charge in [0, 0.05) is 11.8 Å². The first-order chi connectivity index (χ1) is 11.8. The Morgan fingerprint density at radius 1 is 1.16 bits per heavy atom. The van der Waals surface area contributed by atoms with E-state index in [9.17, 15) is 14.7 Å². The molecule has 136 valence electrons. The Kier molecular flexibility index (Phi) is 3.13. The highest BCUT2D eigenvalue weighted by molar-refractivity contribution is 5.94. The maximum atomic E-state index is 12.5. The number of ether oxygens (including phenoxy) is 1. The number of aliphatic hydroxyl groups excluding tert-OH is 1. The first-order valence-electron chi connectivity index (χ1n) is 9.91. The number of Topliss-reactive ketones (excluding diaryl/α,β-unsaturated/α-hetero) is 1. The Morgan fingerprint density at radius 3 is 2.64 bits per heavy atom. The van der Waals surface area contributed by atoms with Crippen molar-refractivity contribution in [3.05, 3.63) is 11.6 Å². The number of aliphatic hydroxyl groups is 1. The summed E-state index contributed by atoms with van der Waals surface area (Å²) in [4.78, 5) is 24.4. The highest BCUT2D eigenvalue weighted by Crippen LogP contribution is 2.69. The van der Waals surface area contributed by atoms with E-state index in [1.54, 1.807) is 0 Å². The topological polar surface area (TPSA) is 63.6 Å². The van der Waals surface area contributed by atoms with Crippen LogP contribution in [0.3, 0.4) is 0 Å². The van der Waals surface area contributed by atoms with Crippen molar-refractivity contribution in [2.45, 2.75) is 70.5 Å². The standard InChI is InChI=1S/C21H28O4/c1-19-7-5-13(22)9-12(19)3-4-14-15-6-8-21(17(24)11-25-21)20(15,2)10-16(23)18(14)19/h9,14-16,18,23H,3-8,10-11H2,1-2H3/t14-,15+,16+,18+,19-,20+,21-/m0/s1. The second-order valence-corrected chi connectivity index (χ2v) is 9.65. The molecule has 0 amide bonds. The average molecular weight is 344 g/mol. The third kappa shape index (κ3) is 1.76. The van der Waals surface area contributed by atoms with Gasteiger partial charge < -0.3 is 9.84 Å². The van der Waals surface area contributed by atoms with E-state index >= 15 is 0 Å². The highest BCUT2D eigenvalue weighted by atomic mass is 16.5. The lowest BCUT2D eigenvalue weighted by atomic mass is 9.45. The molecule has 0 radical (unpaired) electrons. The van der Waals surface area contributed by atoms with E-state index in [4.69, 9.17) is 4.74 Å². The number of carbonyl (C=O) groups excluding carboxylic acids is 2. The molecule has 1 saturated heterocycles. The molecule has 0 bridgehead atoms. The van der Waals surface area contributed by atoms with Crippen LogP contribution in [0.4, 0.5) is 0 Å². The normalized spacial score (nSPS) is 54.4. The number of ketones is 2. The Labute approximate surface area is 149 Å². The lowest BCUT2D eigenvalue weighted by molar-refractivity contribution is -0.226. The first-order valence-corrected chi connectivity index (χ1v) is 9.91. The summed E-state index contributed by atoms with van der Waals surface area (Å²) in [6.45, 7) is 4.71. The molecule has 0 aromatic carbocycles. The van der Waals surface area contributed by atoms with Crippen LogP contribution in [-0.2, 0) is 14.3 Å². The van der Waals surface area contributed by atoms with Gasteiger partial charge in [0.05, 0.1) is 6.10 Å². The molecular weight excluding hydrogens is 316 g/mol. The Balaban J connectivity index is 1.55.